The number of hydrogen-bond acceptors (Lipinski definition) is 2. The van der Waals surface area contributed by atoms with Crippen LogP contribution in [-0.4, -0.2) is 30.8 Å². The zero-order valence-corrected chi connectivity index (χ0v) is 7.66. The predicted molar refractivity (Wildman–Crippen MR) is 45.3 cm³/mol. The Balaban J connectivity index is 3.22. The third-order valence-corrected chi connectivity index (χ3v) is 2.04. The molecule has 0 saturated heterocycles. The van der Waals surface area contributed by atoms with Crippen molar-refractivity contribution < 1.29 is 9.53 Å². The van der Waals surface area contributed by atoms with Crippen LogP contribution in [0, 0.1) is 0 Å². The van der Waals surface area contributed by atoms with E-state index in [9.17, 15) is 4.79 Å². The average molecular weight is 163 g/mol. The van der Waals surface area contributed by atoms with Gasteiger partial charge in [-0.2, -0.15) is 0 Å². The lowest BCUT2D eigenvalue weighted by Gasteiger charge is -1.98. The summed E-state index contributed by atoms with van der Waals surface area (Å²) in [5, 5.41) is 0. The van der Waals surface area contributed by atoms with Crippen molar-refractivity contribution in [2.24, 2.45) is 0 Å². The molecule has 3 heteroatoms. The summed E-state index contributed by atoms with van der Waals surface area (Å²) in [7, 11) is 0.359. The Labute approximate surface area is 65.3 Å². The lowest BCUT2D eigenvalue weighted by atomic mass is 10.5. The number of carbonyl (C=O) groups excluding carboxylic acids is 1. The highest BCUT2D eigenvalue weighted by molar-refractivity contribution is 7.95. The van der Waals surface area contributed by atoms with Gasteiger partial charge in [-0.15, -0.1) is 0 Å². The van der Waals surface area contributed by atoms with Gasteiger partial charge in [0.25, 0.3) is 0 Å². The third-order valence-electron chi connectivity index (χ3n) is 1.02. The van der Waals surface area contributed by atoms with Gasteiger partial charge < -0.3 is 4.74 Å². The van der Waals surface area contributed by atoms with Gasteiger partial charge >= 0.3 is 5.97 Å². The van der Waals surface area contributed by atoms with Crippen molar-refractivity contribution in [3.8, 4) is 0 Å². The van der Waals surface area contributed by atoms with E-state index < -0.39 is 0 Å². The zero-order valence-electron chi connectivity index (χ0n) is 6.85. The van der Waals surface area contributed by atoms with Crippen molar-refractivity contribution in [3.63, 3.8) is 0 Å². The van der Waals surface area contributed by atoms with Crippen LogP contribution in [0.15, 0.2) is 0 Å². The standard InChI is InChI=1S/C7H15O2S/c1-4-9-7(8)5-6-10(2)3/h4-6H2,1-3H3/q+1. The summed E-state index contributed by atoms with van der Waals surface area (Å²) in [6.45, 7) is 2.33. The van der Waals surface area contributed by atoms with E-state index in [0.29, 0.717) is 23.9 Å². The van der Waals surface area contributed by atoms with E-state index in [-0.39, 0.29) is 5.97 Å². The molecule has 10 heavy (non-hydrogen) atoms. The van der Waals surface area contributed by atoms with Crippen LogP contribution in [-0.2, 0) is 20.4 Å². The highest BCUT2D eigenvalue weighted by atomic mass is 32.2. The number of esters is 1. The Morgan fingerprint density at radius 1 is 1.50 bits per heavy atom. The molecule has 0 radical (unpaired) electrons. The fraction of sp³-hybridized carbons (Fsp3) is 0.857. The minimum atomic E-state index is -0.0660. The van der Waals surface area contributed by atoms with Gasteiger partial charge in [0.15, 0.2) is 0 Å². The Hall–Kier alpha value is -0.180. The van der Waals surface area contributed by atoms with E-state index in [0.717, 1.165) is 5.75 Å². The second kappa shape index (κ2) is 5.59. The molecule has 0 bridgehead atoms. The molecule has 0 aliphatic rings. The summed E-state index contributed by atoms with van der Waals surface area (Å²) >= 11 is 0. The Morgan fingerprint density at radius 2 is 2.10 bits per heavy atom. The second-order valence-corrected chi connectivity index (χ2v) is 4.62. The van der Waals surface area contributed by atoms with E-state index in [2.05, 4.69) is 12.5 Å². The Morgan fingerprint density at radius 3 is 2.50 bits per heavy atom. The molecule has 0 aliphatic heterocycles. The first kappa shape index (κ1) is 9.82. The quantitative estimate of drug-likeness (QED) is 0.453. The first-order valence-electron chi connectivity index (χ1n) is 3.36. The summed E-state index contributed by atoms with van der Waals surface area (Å²) in [5.74, 6) is 0.891. The molecule has 0 aromatic heterocycles. The van der Waals surface area contributed by atoms with E-state index in [4.69, 9.17) is 4.74 Å². The van der Waals surface area contributed by atoms with Gasteiger partial charge in [-0.05, 0) is 17.8 Å². The molecule has 2 nitrogen and oxygen atoms in total. The van der Waals surface area contributed by atoms with Gasteiger partial charge in [-0.3, -0.25) is 4.79 Å². The molecular formula is C7H15O2S+. The van der Waals surface area contributed by atoms with E-state index in [1.807, 2.05) is 6.92 Å². The minimum Gasteiger partial charge on any atom is -0.466 e. The van der Waals surface area contributed by atoms with Crippen LogP contribution in [0.5, 0.6) is 0 Å². The monoisotopic (exact) mass is 163 g/mol. The topological polar surface area (TPSA) is 26.3 Å². The number of rotatable bonds is 4. The molecule has 0 aromatic carbocycles. The average Bonchev–Trinajstić information content (AvgIpc) is 1.85. The maximum Gasteiger partial charge on any atom is 0.310 e. The largest absolute Gasteiger partial charge is 0.466 e. The van der Waals surface area contributed by atoms with Crippen molar-refractivity contribution in [3.05, 3.63) is 0 Å². The highest BCUT2D eigenvalue weighted by Gasteiger charge is 2.07. The van der Waals surface area contributed by atoms with E-state index in [1.165, 1.54) is 0 Å². The maximum atomic E-state index is 10.7. The lowest BCUT2D eigenvalue weighted by Crippen LogP contribution is -2.11. The lowest BCUT2D eigenvalue weighted by molar-refractivity contribution is -0.142. The molecule has 0 amide bonds. The first-order chi connectivity index (χ1) is 4.66. The Kier molecular flexibility index (Phi) is 5.49. The highest BCUT2D eigenvalue weighted by Crippen LogP contribution is 1.91. The van der Waals surface area contributed by atoms with Crippen LogP contribution in [0.3, 0.4) is 0 Å². The molecule has 0 N–H and O–H groups in total. The zero-order chi connectivity index (χ0) is 7.98. The van der Waals surface area contributed by atoms with Crippen LogP contribution in [0.2, 0.25) is 0 Å². The molecule has 0 spiro atoms. The smallest absolute Gasteiger partial charge is 0.310 e. The van der Waals surface area contributed by atoms with Crippen molar-refractivity contribution in [1.82, 2.24) is 0 Å². The molecule has 0 aromatic rings. The summed E-state index contributed by atoms with van der Waals surface area (Å²) in [4.78, 5) is 10.7. The van der Waals surface area contributed by atoms with Gasteiger partial charge in [0.2, 0.25) is 0 Å². The summed E-state index contributed by atoms with van der Waals surface area (Å²) in [6, 6.07) is 0. The van der Waals surface area contributed by atoms with E-state index in [1.54, 1.807) is 0 Å². The summed E-state index contributed by atoms with van der Waals surface area (Å²) in [5.41, 5.74) is 0. The van der Waals surface area contributed by atoms with Crippen LogP contribution in [0.1, 0.15) is 13.3 Å². The first-order valence-corrected chi connectivity index (χ1v) is 5.57. The Bertz CT molecular complexity index is 102. The molecule has 0 atom stereocenters. The van der Waals surface area contributed by atoms with Gasteiger partial charge in [-0.1, -0.05) is 0 Å². The molecule has 0 unspecified atom stereocenters. The number of ether oxygens (including phenoxy) is 1. The molecule has 60 valence electrons. The van der Waals surface area contributed by atoms with Crippen molar-refractivity contribution >= 4 is 16.9 Å². The van der Waals surface area contributed by atoms with Crippen LogP contribution >= 0.6 is 0 Å². The third kappa shape index (κ3) is 5.95. The molecule has 0 aliphatic carbocycles. The summed E-state index contributed by atoms with van der Waals surface area (Å²) < 4.78 is 4.76. The molecule has 0 fully saturated rings. The minimum absolute atomic E-state index is 0.0660. The van der Waals surface area contributed by atoms with Gasteiger partial charge in [0, 0.05) is 0 Å². The van der Waals surface area contributed by atoms with Crippen molar-refractivity contribution in [2.75, 3.05) is 24.9 Å². The summed E-state index contributed by atoms with van der Waals surface area (Å²) in [6.07, 6.45) is 4.82. The van der Waals surface area contributed by atoms with Gasteiger partial charge in [0.1, 0.15) is 5.75 Å². The maximum absolute atomic E-state index is 10.7. The molecule has 0 rings (SSSR count). The molecule has 0 heterocycles. The van der Waals surface area contributed by atoms with Gasteiger partial charge in [-0.25, -0.2) is 0 Å². The number of hydrogen-bond donors (Lipinski definition) is 0. The van der Waals surface area contributed by atoms with Gasteiger partial charge in [0.05, 0.1) is 25.5 Å². The van der Waals surface area contributed by atoms with Crippen LogP contribution in [0.25, 0.3) is 0 Å². The second-order valence-electron chi connectivity index (χ2n) is 2.24. The molecular weight excluding hydrogens is 148 g/mol. The van der Waals surface area contributed by atoms with Crippen LogP contribution < -0.4 is 0 Å². The predicted octanol–water partition coefficient (Wildman–Crippen LogP) is 0.818. The normalized spacial score (nSPS) is 10.0. The molecule has 0 saturated carbocycles. The van der Waals surface area contributed by atoms with Crippen molar-refractivity contribution in [1.29, 1.82) is 0 Å². The fourth-order valence-corrected chi connectivity index (χ4v) is 1.10. The van der Waals surface area contributed by atoms with E-state index >= 15 is 0 Å². The van der Waals surface area contributed by atoms with Crippen LogP contribution in [0.4, 0.5) is 0 Å². The SMILES string of the molecule is CCOC(=O)CC[S+](C)C. The fourth-order valence-electron chi connectivity index (χ4n) is 0.521. The van der Waals surface area contributed by atoms with Crippen molar-refractivity contribution in [2.45, 2.75) is 13.3 Å². The number of carbonyl (C=O) groups is 1.